The highest BCUT2D eigenvalue weighted by molar-refractivity contribution is 4.92. The quantitative estimate of drug-likeness (QED) is 0.592. The lowest BCUT2D eigenvalue weighted by Gasteiger charge is -2.18. The highest BCUT2D eigenvalue weighted by Crippen LogP contribution is 2.52. The summed E-state index contributed by atoms with van der Waals surface area (Å²) in [7, 11) is 0. The fourth-order valence-electron chi connectivity index (χ4n) is 1.47. The van der Waals surface area contributed by atoms with Gasteiger partial charge >= 0.3 is 0 Å². The Morgan fingerprint density at radius 2 is 1.91 bits per heavy atom. The summed E-state index contributed by atoms with van der Waals surface area (Å²) in [5, 5.41) is 0. The van der Waals surface area contributed by atoms with Gasteiger partial charge in [-0.05, 0) is 18.3 Å². The zero-order chi connectivity index (χ0) is 8.54. The van der Waals surface area contributed by atoms with Gasteiger partial charge in [-0.1, -0.05) is 20.3 Å². The Morgan fingerprint density at radius 3 is 2.27 bits per heavy atom. The zero-order valence-corrected chi connectivity index (χ0v) is 7.29. The normalized spacial score (nSPS) is 21.8. The van der Waals surface area contributed by atoms with Crippen molar-refractivity contribution in [3.05, 3.63) is 0 Å². The molecule has 0 amide bonds. The van der Waals surface area contributed by atoms with Gasteiger partial charge in [-0.3, -0.25) is 0 Å². The molecule has 1 aliphatic rings. The molecule has 0 N–H and O–H groups in total. The Bertz CT molecular complexity index is 136. The fraction of sp³-hybridized carbons (Fsp3) is 1.00. The van der Waals surface area contributed by atoms with Gasteiger partial charge in [-0.25, -0.2) is 8.78 Å². The highest BCUT2D eigenvalue weighted by atomic mass is 19.3. The van der Waals surface area contributed by atoms with E-state index in [0.29, 0.717) is 6.42 Å². The number of hydrogen-bond acceptors (Lipinski definition) is 0. The molecule has 0 unspecified atom stereocenters. The molecular formula is C9H16F2. The summed E-state index contributed by atoms with van der Waals surface area (Å²) >= 11 is 0. The summed E-state index contributed by atoms with van der Waals surface area (Å²) in [6, 6.07) is 0. The van der Waals surface area contributed by atoms with Crippen molar-refractivity contribution in [3.63, 3.8) is 0 Å². The summed E-state index contributed by atoms with van der Waals surface area (Å²) in [5.74, 6) is -2.40. The van der Waals surface area contributed by atoms with Gasteiger partial charge in [0, 0.05) is 12.8 Å². The van der Waals surface area contributed by atoms with Crippen LogP contribution in [-0.2, 0) is 0 Å². The maximum atomic E-state index is 13.0. The Morgan fingerprint density at radius 1 is 1.36 bits per heavy atom. The maximum Gasteiger partial charge on any atom is 0.248 e. The molecule has 0 heterocycles. The summed E-state index contributed by atoms with van der Waals surface area (Å²) in [5.41, 5.74) is -0.0152. The Kier molecular flexibility index (Phi) is 2.22. The molecule has 0 nitrogen and oxygen atoms in total. The largest absolute Gasteiger partial charge is 0.248 e. The molecule has 0 aromatic rings. The van der Waals surface area contributed by atoms with Crippen molar-refractivity contribution in [2.45, 2.75) is 51.9 Å². The average Bonchev–Trinajstić information content (AvgIpc) is 2.45. The van der Waals surface area contributed by atoms with E-state index in [9.17, 15) is 8.78 Å². The topological polar surface area (TPSA) is 0 Å². The monoisotopic (exact) mass is 162 g/mol. The lowest BCUT2D eigenvalue weighted by Crippen LogP contribution is -2.19. The second-order valence-corrected chi connectivity index (χ2v) is 4.09. The van der Waals surface area contributed by atoms with Crippen LogP contribution >= 0.6 is 0 Å². The van der Waals surface area contributed by atoms with Crippen LogP contribution in [0.25, 0.3) is 0 Å². The van der Waals surface area contributed by atoms with Crippen LogP contribution in [0.4, 0.5) is 8.78 Å². The van der Waals surface area contributed by atoms with Crippen molar-refractivity contribution in [1.82, 2.24) is 0 Å². The standard InChI is InChI=1S/C9H16F2/c1-3-4-9(10,11)7-8(2)5-6-8/h3-7H2,1-2H3. The molecule has 1 rings (SSSR count). The fourth-order valence-corrected chi connectivity index (χ4v) is 1.47. The van der Waals surface area contributed by atoms with E-state index in [-0.39, 0.29) is 18.3 Å². The molecule has 0 aliphatic heterocycles. The number of hydrogen-bond donors (Lipinski definition) is 0. The third kappa shape index (κ3) is 2.76. The van der Waals surface area contributed by atoms with Crippen LogP contribution in [0.15, 0.2) is 0 Å². The molecule has 66 valence electrons. The van der Waals surface area contributed by atoms with Crippen LogP contribution in [0.5, 0.6) is 0 Å². The maximum absolute atomic E-state index is 13.0. The van der Waals surface area contributed by atoms with Crippen molar-refractivity contribution in [2.24, 2.45) is 5.41 Å². The molecule has 1 aliphatic carbocycles. The number of rotatable bonds is 4. The van der Waals surface area contributed by atoms with Gasteiger partial charge in [-0.2, -0.15) is 0 Å². The SMILES string of the molecule is CCCC(F)(F)CC1(C)CC1. The molecular weight excluding hydrogens is 146 g/mol. The molecule has 0 spiro atoms. The van der Waals surface area contributed by atoms with Crippen molar-refractivity contribution in [3.8, 4) is 0 Å². The third-order valence-electron chi connectivity index (χ3n) is 2.40. The minimum Gasteiger partial charge on any atom is -0.207 e. The Balaban J connectivity index is 2.33. The molecule has 0 radical (unpaired) electrons. The van der Waals surface area contributed by atoms with Gasteiger partial charge in [0.25, 0.3) is 0 Å². The molecule has 0 aromatic heterocycles. The van der Waals surface area contributed by atoms with E-state index in [1.54, 1.807) is 0 Å². The second kappa shape index (κ2) is 2.72. The van der Waals surface area contributed by atoms with E-state index in [2.05, 4.69) is 0 Å². The first-order chi connectivity index (χ1) is 4.97. The predicted octanol–water partition coefficient (Wildman–Crippen LogP) is 3.61. The van der Waals surface area contributed by atoms with E-state index < -0.39 is 5.92 Å². The predicted molar refractivity (Wildman–Crippen MR) is 41.8 cm³/mol. The summed E-state index contributed by atoms with van der Waals surface area (Å²) in [6.45, 7) is 3.76. The molecule has 11 heavy (non-hydrogen) atoms. The second-order valence-electron chi connectivity index (χ2n) is 4.09. The van der Waals surface area contributed by atoms with Gasteiger partial charge in [0.15, 0.2) is 0 Å². The molecule has 2 heteroatoms. The molecule has 1 fully saturated rings. The van der Waals surface area contributed by atoms with Crippen molar-refractivity contribution in [2.75, 3.05) is 0 Å². The average molecular weight is 162 g/mol. The highest BCUT2D eigenvalue weighted by Gasteiger charge is 2.45. The lowest BCUT2D eigenvalue weighted by atomic mass is 9.97. The Hall–Kier alpha value is -0.140. The first-order valence-corrected chi connectivity index (χ1v) is 4.35. The third-order valence-corrected chi connectivity index (χ3v) is 2.40. The minimum absolute atomic E-state index is 0.0152. The van der Waals surface area contributed by atoms with E-state index in [1.165, 1.54) is 0 Å². The van der Waals surface area contributed by atoms with Crippen LogP contribution < -0.4 is 0 Å². The van der Waals surface area contributed by atoms with Gasteiger partial charge in [0.1, 0.15) is 0 Å². The van der Waals surface area contributed by atoms with E-state index in [1.807, 2.05) is 13.8 Å². The summed E-state index contributed by atoms with van der Waals surface area (Å²) in [4.78, 5) is 0. The van der Waals surface area contributed by atoms with Crippen molar-refractivity contribution < 1.29 is 8.78 Å². The lowest BCUT2D eigenvalue weighted by molar-refractivity contribution is -0.0332. The van der Waals surface area contributed by atoms with Crippen LogP contribution in [0.3, 0.4) is 0 Å². The van der Waals surface area contributed by atoms with E-state index in [4.69, 9.17) is 0 Å². The van der Waals surface area contributed by atoms with Gasteiger partial charge in [0.2, 0.25) is 5.92 Å². The molecule has 0 atom stereocenters. The number of halogens is 2. The first kappa shape index (κ1) is 8.95. The van der Waals surface area contributed by atoms with E-state index >= 15 is 0 Å². The van der Waals surface area contributed by atoms with Gasteiger partial charge < -0.3 is 0 Å². The van der Waals surface area contributed by atoms with Crippen LogP contribution in [0, 0.1) is 5.41 Å². The summed E-state index contributed by atoms with van der Waals surface area (Å²) < 4.78 is 25.9. The van der Waals surface area contributed by atoms with Gasteiger partial charge in [0.05, 0.1) is 0 Å². The van der Waals surface area contributed by atoms with Crippen molar-refractivity contribution >= 4 is 0 Å². The summed E-state index contributed by atoms with van der Waals surface area (Å²) in [6.07, 6.45) is 2.73. The molecule has 0 saturated heterocycles. The van der Waals surface area contributed by atoms with Crippen LogP contribution in [0.1, 0.15) is 46.0 Å². The van der Waals surface area contributed by atoms with Crippen LogP contribution in [-0.4, -0.2) is 5.92 Å². The van der Waals surface area contributed by atoms with Gasteiger partial charge in [-0.15, -0.1) is 0 Å². The zero-order valence-electron chi connectivity index (χ0n) is 7.29. The van der Waals surface area contributed by atoms with Crippen LogP contribution in [0.2, 0.25) is 0 Å². The Labute approximate surface area is 67.0 Å². The van der Waals surface area contributed by atoms with E-state index in [0.717, 1.165) is 12.8 Å². The molecule has 1 saturated carbocycles. The molecule has 0 aromatic carbocycles. The molecule has 0 bridgehead atoms. The smallest absolute Gasteiger partial charge is 0.207 e. The van der Waals surface area contributed by atoms with Crippen molar-refractivity contribution in [1.29, 1.82) is 0 Å². The first-order valence-electron chi connectivity index (χ1n) is 4.35. The minimum atomic E-state index is -2.40. The number of alkyl halides is 2.